The third kappa shape index (κ3) is 4.06. The summed E-state index contributed by atoms with van der Waals surface area (Å²) in [6.07, 6.45) is 2.59. The molecule has 0 spiro atoms. The first-order valence-corrected chi connectivity index (χ1v) is 8.32. The zero-order valence-corrected chi connectivity index (χ0v) is 13.4. The molecule has 1 aliphatic carbocycles. The molecule has 1 aliphatic rings. The van der Waals surface area contributed by atoms with Gasteiger partial charge in [0.05, 0.1) is 5.92 Å². The number of carbonyl (C=O) groups is 2. The topological polar surface area (TPSA) is 66.4 Å². The van der Waals surface area contributed by atoms with E-state index < -0.39 is 5.97 Å². The average molecular weight is 309 g/mol. The van der Waals surface area contributed by atoms with Gasteiger partial charge in [-0.2, -0.15) is 0 Å². The summed E-state index contributed by atoms with van der Waals surface area (Å²) in [4.78, 5) is 24.4. The van der Waals surface area contributed by atoms with E-state index in [-0.39, 0.29) is 23.2 Å². The fourth-order valence-corrected chi connectivity index (χ4v) is 3.66. The summed E-state index contributed by atoms with van der Waals surface area (Å²) < 4.78 is 0. The van der Waals surface area contributed by atoms with Crippen molar-refractivity contribution in [2.45, 2.75) is 44.9 Å². The highest BCUT2D eigenvalue weighted by Gasteiger charge is 2.30. The van der Waals surface area contributed by atoms with Crippen molar-refractivity contribution in [3.63, 3.8) is 0 Å². The third-order valence-corrected chi connectivity index (χ3v) is 5.58. The van der Waals surface area contributed by atoms with Crippen LogP contribution >= 0.6 is 11.3 Å². The molecule has 1 aromatic heterocycles. The Hall–Kier alpha value is -1.36. The maximum Gasteiger partial charge on any atom is 0.306 e. The third-order valence-electron chi connectivity index (χ3n) is 4.34. The highest BCUT2D eigenvalue weighted by molar-refractivity contribution is 7.10. The van der Waals surface area contributed by atoms with Crippen LogP contribution in [0.2, 0.25) is 0 Å². The molecule has 4 nitrogen and oxygen atoms in total. The molecule has 1 amide bonds. The summed E-state index contributed by atoms with van der Waals surface area (Å²) in [6.45, 7) is 4.87. The van der Waals surface area contributed by atoms with Gasteiger partial charge in [-0.1, -0.05) is 19.9 Å². The predicted octanol–water partition coefficient (Wildman–Crippen LogP) is 3.03. The minimum Gasteiger partial charge on any atom is -0.481 e. The molecule has 0 saturated heterocycles. The SMILES string of the molecule is CC(C)(CNC(=O)C1CCC(C(=O)O)CC1)c1cccs1. The summed E-state index contributed by atoms with van der Waals surface area (Å²) >= 11 is 1.70. The average Bonchev–Trinajstić information content (AvgIpc) is 3.00. The number of carboxylic acids is 1. The first kappa shape index (κ1) is 16.0. The predicted molar refractivity (Wildman–Crippen MR) is 83.4 cm³/mol. The van der Waals surface area contributed by atoms with Crippen molar-refractivity contribution in [3.8, 4) is 0 Å². The van der Waals surface area contributed by atoms with Gasteiger partial charge >= 0.3 is 5.97 Å². The van der Waals surface area contributed by atoms with E-state index in [0.29, 0.717) is 32.2 Å². The Kier molecular flexibility index (Phi) is 5.04. The molecule has 1 heterocycles. The van der Waals surface area contributed by atoms with E-state index in [1.54, 1.807) is 11.3 Å². The van der Waals surface area contributed by atoms with E-state index in [2.05, 4.69) is 25.2 Å². The van der Waals surface area contributed by atoms with Crippen LogP contribution in [-0.2, 0) is 15.0 Å². The van der Waals surface area contributed by atoms with Gasteiger partial charge in [-0.3, -0.25) is 9.59 Å². The number of carbonyl (C=O) groups excluding carboxylic acids is 1. The van der Waals surface area contributed by atoms with Gasteiger partial charge in [0.15, 0.2) is 0 Å². The lowest BCUT2D eigenvalue weighted by Gasteiger charge is -2.28. The van der Waals surface area contributed by atoms with Gasteiger partial charge < -0.3 is 10.4 Å². The molecule has 116 valence electrons. The number of hydrogen-bond acceptors (Lipinski definition) is 3. The van der Waals surface area contributed by atoms with Crippen LogP contribution in [0.25, 0.3) is 0 Å². The molecule has 0 radical (unpaired) electrons. The number of nitrogens with one attached hydrogen (secondary N) is 1. The molecule has 1 saturated carbocycles. The Morgan fingerprint density at radius 1 is 1.29 bits per heavy atom. The Morgan fingerprint density at radius 3 is 2.43 bits per heavy atom. The Morgan fingerprint density at radius 2 is 1.90 bits per heavy atom. The van der Waals surface area contributed by atoms with Crippen molar-refractivity contribution in [1.82, 2.24) is 5.32 Å². The van der Waals surface area contributed by atoms with Gasteiger partial charge in [0.25, 0.3) is 0 Å². The van der Waals surface area contributed by atoms with Crippen molar-refractivity contribution in [2.75, 3.05) is 6.54 Å². The van der Waals surface area contributed by atoms with Gasteiger partial charge in [-0.05, 0) is 37.1 Å². The lowest BCUT2D eigenvalue weighted by Crippen LogP contribution is -2.40. The lowest BCUT2D eigenvalue weighted by atomic mass is 9.81. The number of rotatable bonds is 5. The smallest absolute Gasteiger partial charge is 0.306 e. The van der Waals surface area contributed by atoms with Crippen LogP contribution in [0.5, 0.6) is 0 Å². The minimum atomic E-state index is -0.729. The number of amides is 1. The van der Waals surface area contributed by atoms with Crippen LogP contribution in [0.3, 0.4) is 0 Å². The second kappa shape index (κ2) is 6.60. The summed E-state index contributed by atoms with van der Waals surface area (Å²) in [5, 5.41) is 14.1. The van der Waals surface area contributed by atoms with Gasteiger partial charge in [-0.15, -0.1) is 11.3 Å². The zero-order chi connectivity index (χ0) is 15.5. The quantitative estimate of drug-likeness (QED) is 0.878. The Bertz CT molecular complexity index is 488. The molecule has 0 aliphatic heterocycles. The maximum absolute atomic E-state index is 12.2. The Balaban J connectivity index is 1.82. The number of thiophene rings is 1. The van der Waals surface area contributed by atoms with Crippen molar-refractivity contribution in [1.29, 1.82) is 0 Å². The van der Waals surface area contributed by atoms with Gasteiger partial charge in [0, 0.05) is 22.8 Å². The van der Waals surface area contributed by atoms with Crippen LogP contribution in [0.4, 0.5) is 0 Å². The Labute approximate surface area is 129 Å². The molecule has 0 bridgehead atoms. The molecular formula is C16H23NO3S. The first-order valence-electron chi connectivity index (χ1n) is 7.44. The largest absolute Gasteiger partial charge is 0.481 e. The molecule has 0 aromatic carbocycles. The van der Waals surface area contributed by atoms with Crippen molar-refractivity contribution < 1.29 is 14.7 Å². The molecule has 0 unspecified atom stereocenters. The molecule has 1 fully saturated rings. The zero-order valence-electron chi connectivity index (χ0n) is 12.6. The van der Waals surface area contributed by atoms with E-state index in [1.165, 1.54) is 4.88 Å². The standard InChI is InChI=1S/C16H23NO3S/c1-16(2,13-4-3-9-21-13)10-17-14(18)11-5-7-12(8-6-11)15(19)20/h3-4,9,11-12H,5-8,10H2,1-2H3,(H,17,18)(H,19,20). The van der Waals surface area contributed by atoms with Crippen LogP contribution in [0, 0.1) is 11.8 Å². The lowest BCUT2D eigenvalue weighted by molar-refractivity contribution is -0.144. The van der Waals surface area contributed by atoms with Gasteiger partial charge in [-0.25, -0.2) is 0 Å². The van der Waals surface area contributed by atoms with Crippen LogP contribution < -0.4 is 5.32 Å². The fraction of sp³-hybridized carbons (Fsp3) is 0.625. The number of aliphatic carboxylic acids is 1. The molecule has 2 N–H and O–H groups in total. The summed E-state index contributed by atoms with van der Waals surface area (Å²) in [5.74, 6) is -0.951. The monoisotopic (exact) mass is 309 g/mol. The van der Waals surface area contributed by atoms with Gasteiger partial charge in [0.1, 0.15) is 0 Å². The van der Waals surface area contributed by atoms with E-state index in [4.69, 9.17) is 5.11 Å². The molecular weight excluding hydrogens is 286 g/mol. The van der Waals surface area contributed by atoms with E-state index in [0.717, 1.165) is 0 Å². The van der Waals surface area contributed by atoms with Crippen molar-refractivity contribution in [3.05, 3.63) is 22.4 Å². The van der Waals surface area contributed by atoms with Crippen LogP contribution in [0.1, 0.15) is 44.4 Å². The second-order valence-corrected chi connectivity index (χ2v) is 7.41. The second-order valence-electron chi connectivity index (χ2n) is 6.47. The molecule has 0 atom stereocenters. The van der Waals surface area contributed by atoms with Crippen molar-refractivity contribution in [2.24, 2.45) is 11.8 Å². The number of carboxylic acid groups (broad SMARTS) is 1. The summed E-state index contributed by atoms with van der Waals surface area (Å²) in [7, 11) is 0. The van der Waals surface area contributed by atoms with E-state index in [9.17, 15) is 9.59 Å². The minimum absolute atomic E-state index is 0.0280. The summed E-state index contributed by atoms with van der Waals surface area (Å²) in [5.41, 5.74) is -0.0674. The molecule has 2 rings (SSSR count). The van der Waals surface area contributed by atoms with Crippen molar-refractivity contribution >= 4 is 23.2 Å². The molecule has 21 heavy (non-hydrogen) atoms. The molecule has 1 aromatic rings. The number of hydrogen-bond donors (Lipinski definition) is 2. The van der Waals surface area contributed by atoms with E-state index in [1.807, 2.05) is 11.4 Å². The van der Waals surface area contributed by atoms with Crippen LogP contribution in [-0.4, -0.2) is 23.5 Å². The normalized spacial score (nSPS) is 22.8. The van der Waals surface area contributed by atoms with E-state index >= 15 is 0 Å². The maximum atomic E-state index is 12.2. The molecule has 5 heteroatoms. The highest BCUT2D eigenvalue weighted by atomic mass is 32.1. The van der Waals surface area contributed by atoms with Crippen LogP contribution in [0.15, 0.2) is 17.5 Å². The highest BCUT2D eigenvalue weighted by Crippen LogP contribution is 2.30. The van der Waals surface area contributed by atoms with Gasteiger partial charge in [0.2, 0.25) is 5.91 Å². The summed E-state index contributed by atoms with van der Waals surface area (Å²) in [6, 6.07) is 4.12. The first-order chi connectivity index (χ1) is 9.90. The fourth-order valence-electron chi connectivity index (χ4n) is 2.81.